The minimum atomic E-state index is -0.559. The molecule has 0 bridgehead atoms. The summed E-state index contributed by atoms with van der Waals surface area (Å²) in [6.45, 7) is 8.55. The largest absolute Gasteiger partial charge is 0.396 e. The SMILES string of the molecule is CC(C)c1cccc(C(C)C)c1C(O)CCO. The number of benzene rings is 1. The summed E-state index contributed by atoms with van der Waals surface area (Å²) >= 11 is 0. The van der Waals surface area contributed by atoms with E-state index in [9.17, 15) is 5.11 Å². The molecule has 1 aromatic carbocycles. The predicted octanol–water partition coefficient (Wildman–Crippen LogP) is 3.35. The van der Waals surface area contributed by atoms with Gasteiger partial charge in [0.2, 0.25) is 0 Å². The van der Waals surface area contributed by atoms with Gasteiger partial charge < -0.3 is 10.2 Å². The molecule has 0 aliphatic heterocycles. The molecule has 0 fully saturated rings. The Hall–Kier alpha value is -0.860. The average Bonchev–Trinajstić information content (AvgIpc) is 2.28. The minimum absolute atomic E-state index is 0.0190. The van der Waals surface area contributed by atoms with Crippen LogP contribution in [0, 0.1) is 0 Å². The summed E-state index contributed by atoms with van der Waals surface area (Å²) in [5, 5.41) is 19.2. The topological polar surface area (TPSA) is 40.5 Å². The van der Waals surface area contributed by atoms with E-state index in [1.807, 2.05) is 0 Å². The highest BCUT2D eigenvalue weighted by atomic mass is 16.3. The lowest BCUT2D eigenvalue weighted by Crippen LogP contribution is -2.10. The van der Waals surface area contributed by atoms with Gasteiger partial charge in [-0.1, -0.05) is 45.9 Å². The highest BCUT2D eigenvalue weighted by Crippen LogP contribution is 2.33. The van der Waals surface area contributed by atoms with Crippen molar-refractivity contribution in [3.05, 3.63) is 34.9 Å². The van der Waals surface area contributed by atoms with Crippen LogP contribution >= 0.6 is 0 Å². The standard InChI is InChI=1S/C15H24O2/c1-10(2)12-6-5-7-13(11(3)4)15(12)14(17)8-9-16/h5-7,10-11,14,16-17H,8-9H2,1-4H3. The third-order valence-corrected chi connectivity index (χ3v) is 3.15. The lowest BCUT2D eigenvalue weighted by atomic mass is 9.85. The fourth-order valence-corrected chi connectivity index (χ4v) is 2.26. The molecule has 1 atom stereocenters. The zero-order chi connectivity index (χ0) is 13.0. The van der Waals surface area contributed by atoms with Crippen molar-refractivity contribution in [1.82, 2.24) is 0 Å². The quantitative estimate of drug-likeness (QED) is 0.823. The Balaban J connectivity index is 3.28. The first-order chi connectivity index (χ1) is 7.99. The molecule has 0 saturated carbocycles. The number of aliphatic hydroxyl groups is 2. The van der Waals surface area contributed by atoms with Gasteiger partial charge in [0.05, 0.1) is 6.10 Å². The first kappa shape index (κ1) is 14.2. The first-order valence-electron chi connectivity index (χ1n) is 6.40. The van der Waals surface area contributed by atoms with Gasteiger partial charge in [-0.15, -0.1) is 0 Å². The molecule has 0 saturated heterocycles. The van der Waals surface area contributed by atoms with E-state index in [-0.39, 0.29) is 6.61 Å². The highest BCUT2D eigenvalue weighted by Gasteiger charge is 2.19. The van der Waals surface area contributed by atoms with Crippen LogP contribution in [-0.2, 0) is 0 Å². The fraction of sp³-hybridized carbons (Fsp3) is 0.600. The Morgan fingerprint density at radius 3 is 1.82 bits per heavy atom. The van der Waals surface area contributed by atoms with E-state index >= 15 is 0 Å². The molecule has 96 valence electrons. The second kappa shape index (κ2) is 6.18. The van der Waals surface area contributed by atoms with Gasteiger partial charge in [-0.25, -0.2) is 0 Å². The lowest BCUT2D eigenvalue weighted by molar-refractivity contribution is 0.132. The monoisotopic (exact) mass is 236 g/mol. The van der Waals surface area contributed by atoms with Crippen molar-refractivity contribution in [2.24, 2.45) is 0 Å². The molecular weight excluding hydrogens is 212 g/mol. The lowest BCUT2D eigenvalue weighted by Gasteiger charge is -2.23. The zero-order valence-electron chi connectivity index (χ0n) is 11.3. The van der Waals surface area contributed by atoms with Gasteiger partial charge in [0.1, 0.15) is 0 Å². The van der Waals surface area contributed by atoms with Gasteiger partial charge in [0, 0.05) is 13.0 Å². The smallest absolute Gasteiger partial charge is 0.0817 e. The van der Waals surface area contributed by atoms with Crippen molar-refractivity contribution < 1.29 is 10.2 Å². The number of hydrogen-bond acceptors (Lipinski definition) is 2. The van der Waals surface area contributed by atoms with Crippen LogP contribution in [0.15, 0.2) is 18.2 Å². The van der Waals surface area contributed by atoms with E-state index in [4.69, 9.17) is 5.11 Å². The Bertz CT molecular complexity index is 330. The molecule has 0 aromatic heterocycles. The van der Waals surface area contributed by atoms with Crippen LogP contribution in [0.5, 0.6) is 0 Å². The minimum Gasteiger partial charge on any atom is -0.396 e. The van der Waals surface area contributed by atoms with Crippen molar-refractivity contribution in [1.29, 1.82) is 0 Å². The van der Waals surface area contributed by atoms with Crippen molar-refractivity contribution in [3.8, 4) is 0 Å². The van der Waals surface area contributed by atoms with Crippen LogP contribution in [0.3, 0.4) is 0 Å². The molecule has 0 amide bonds. The molecule has 1 rings (SSSR count). The second-order valence-electron chi connectivity index (χ2n) is 5.19. The first-order valence-corrected chi connectivity index (χ1v) is 6.40. The number of aliphatic hydroxyl groups excluding tert-OH is 2. The molecular formula is C15H24O2. The van der Waals surface area contributed by atoms with Gasteiger partial charge in [0.15, 0.2) is 0 Å². The number of rotatable bonds is 5. The van der Waals surface area contributed by atoms with E-state index in [2.05, 4.69) is 45.9 Å². The van der Waals surface area contributed by atoms with Gasteiger partial charge in [-0.3, -0.25) is 0 Å². The second-order valence-corrected chi connectivity index (χ2v) is 5.19. The molecule has 0 heterocycles. The molecule has 1 unspecified atom stereocenters. The van der Waals surface area contributed by atoms with Gasteiger partial charge in [-0.05, 0) is 28.5 Å². The summed E-state index contributed by atoms with van der Waals surface area (Å²) in [4.78, 5) is 0. The highest BCUT2D eigenvalue weighted by molar-refractivity contribution is 5.40. The molecule has 2 heteroatoms. The van der Waals surface area contributed by atoms with Crippen LogP contribution in [0.25, 0.3) is 0 Å². The summed E-state index contributed by atoms with van der Waals surface area (Å²) in [7, 11) is 0. The summed E-state index contributed by atoms with van der Waals surface area (Å²) in [6.07, 6.45) is -0.153. The molecule has 0 aliphatic carbocycles. The third kappa shape index (κ3) is 3.30. The average molecular weight is 236 g/mol. The van der Waals surface area contributed by atoms with E-state index in [0.717, 1.165) is 5.56 Å². The van der Waals surface area contributed by atoms with Crippen molar-refractivity contribution in [3.63, 3.8) is 0 Å². The third-order valence-electron chi connectivity index (χ3n) is 3.15. The maximum absolute atomic E-state index is 10.2. The molecule has 2 nitrogen and oxygen atoms in total. The van der Waals surface area contributed by atoms with Gasteiger partial charge in [-0.2, -0.15) is 0 Å². The van der Waals surface area contributed by atoms with Crippen LogP contribution in [0.2, 0.25) is 0 Å². The van der Waals surface area contributed by atoms with Crippen LogP contribution in [-0.4, -0.2) is 16.8 Å². The van der Waals surface area contributed by atoms with Crippen molar-refractivity contribution in [2.75, 3.05) is 6.61 Å². The number of hydrogen-bond donors (Lipinski definition) is 2. The maximum Gasteiger partial charge on any atom is 0.0817 e. The normalized spacial score (nSPS) is 13.4. The van der Waals surface area contributed by atoms with Crippen molar-refractivity contribution >= 4 is 0 Å². The molecule has 0 aliphatic rings. The Morgan fingerprint density at radius 2 is 1.47 bits per heavy atom. The molecule has 0 spiro atoms. The zero-order valence-corrected chi connectivity index (χ0v) is 11.3. The van der Waals surface area contributed by atoms with E-state index in [1.54, 1.807) is 0 Å². The molecule has 1 aromatic rings. The summed E-state index contributed by atoms with van der Waals surface area (Å²) in [5.74, 6) is 0.772. The summed E-state index contributed by atoms with van der Waals surface area (Å²) < 4.78 is 0. The van der Waals surface area contributed by atoms with E-state index in [1.165, 1.54) is 11.1 Å². The van der Waals surface area contributed by atoms with E-state index < -0.39 is 6.10 Å². The molecule has 0 radical (unpaired) electrons. The summed E-state index contributed by atoms with van der Waals surface area (Å²) in [6, 6.07) is 6.21. The molecule has 2 N–H and O–H groups in total. The summed E-state index contributed by atoms with van der Waals surface area (Å²) in [5.41, 5.74) is 3.40. The Labute approximate surface area is 104 Å². The maximum atomic E-state index is 10.2. The fourth-order valence-electron chi connectivity index (χ4n) is 2.26. The molecule has 17 heavy (non-hydrogen) atoms. The Morgan fingerprint density at radius 1 is 1.00 bits per heavy atom. The van der Waals surface area contributed by atoms with Crippen LogP contribution < -0.4 is 0 Å². The van der Waals surface area contributed by atoms with Gasteiger partial charge in [0.25, 0.3) is 0 Å². The van der Waals surface area contributed by atoms with Crippen LogP contribution in [0.4, 0.5) is 0 Å². The van der Waals surface area contributed by atoms with Gasteiger partial charge >= 0.3 is 0 Å². The Kier molecular flexibility index (Phi) is 5.16. The predicted molar refractivity (Wildman–Crippen MR) is 71.3 cm³/mol. The van der Waals surface area contributed by atoms with Crippen molar-refractivity contribution in [2.45, 2.75) is 52.1 Å². The van der Waals surface area contributed by atoms with Crippen LogP contribution in [0.1, 0.15) is 68.7 Å². The van der Waals surface area contributed by atoms with E-state index in [0.29, 0.717) is 18.3 Å².